The van der Waals surface area contributed by atoms with Crippen molar-refractivity contribution in [1.82, 2.24) is 4.98 Å². The lowest BCUT2D eigenvalue weighted by Crippen LogP contribution is -2.28. The quantitative estimate of drug-likeness (QED) is 0.619. The van der Waals surface area contributed by atoms with Gasteiger partial charge in [-0.15, -0.1) is 0 Å². The maximum atomic E-state index is 13.6. The van der Waals surface area contributed by atoms with E-state index in [-0.39, 0.29) is 11.8 Å². The van der Waals surface area contributed by atoms with Crippen LogP contribution in [0.1, 0.15) is 23.1 Å². The van der Waals surface area contributed by atoms with Crippen LogP contribution >= 0.6 is 0 Å². The van der Waals surface area contributed by atoms with Gasteiger partial charge in [0.1, 0.15) is 23.1 Å². The summed E-state index contributed by atoms with van der Waals surface area (Å²) in [7, 11) is 0. The number of ether oxygens (including phenoxy) is 2. The van der Waals surface area contributed by atoms with Crippen LogP contribution in [0.4, 0.5) is 20.3 Å². The second-order valence-corrected chi connectivity index (χ2v) is 8.44. The lowest BCUT2D eigenvalue weighted by Gasteiger charge is -2.26. The summed E-state index contributed by atoms with van der Waals surface area (Å²) in [6.07, 6.45) is 3.75. The van der Waals surface area contributed by atoms with Gasteiger partial charge in [-0.1, -0.05) is 0 Å². The summed E-state index contributed by atoms with van der Waals surface area (Å²) in [6.45, 7) is 0.461. The van der Waals surface area contributed by atoms with E-state index in [9.17, 15) is 13.6 Å². The lowest BCUT2D eigenvalue weighted by atomic mass is 9.90. The van der Waals surface area contributed by atoms with Gasteiger partial charge in [0.25, 0.3) is 0 Å². The van der Waals surface area contributed by atoms with Crippen molar-refractivity contribution < 1.29 is 23.0 Å². The van der Waals surface area contributed by atoms with E-state index >= 15 is 0 Å². The first kappa shape index (κ1) is 19.8. The fraction of sp³-hybridized carbons (Fsp3) is 0.240. The molecule has 3 aliphatic rings. The van der Waals surface area contributed by atoms with Crippen LogP contribution in [0, 0.1) is 17.6 Å². The number of benzene rings is 2. The summed E-state index contributed by atoms with van der Waals surface area (Å²) in [5.74, 6) is 0.866. The Balaban J connectivity index is 1.23. The molecule has 1 N–H and O–H groups in total. The Labute approximate surface area is 188 Å². The number of nitrogens with one attached hydrogen (secondary N) is 1. The van der Waals surface area contributed by atoms with Gasteiger partial charge in [0.05, 0.1) is 12.3 Å². The van der Waals surface area contributed by atoms with Gasteiger partial charge >= 0.3 is 0 Å². The molecular formula is C25H19F2N3O3. The number of nitrogens with zero attached hydrogens (tertiary/aromatic N) is 2. The molecule has 1 unspecified atom stereocenters. The van der Waals surface area contributed by atoms with E-state index in [1.165, 1.54) is 6.07 Å². The van der Waals surface area contributed by atoms with Crippen molar-refractivity contribution in [3.63, 3.8) is 0 Å². The summed E-state index contributed by atoms with van der Waals surface area (Å²) >= 11 is 0. The van der Waals surface area contributed by atoms with E-state index in [4.69, 9.17) is 9.47 Å². The summed E-state index contributed by atoms with van der Waals surface area (Å²) in [5.41, 5.74) is 3.91. The van der Waals surface area contributed by atoms with E-state index in [2.05, 4.69) is 15.3 Å². The van der Waals surface area contributed by atoms with E-state index < -0.39 is 11.6 Å². The van der Waals surface area contributed by atoms with Gasteiger partial charge < -0.3 is 14.8 Å². The fourth-order valence-corrected chi connectivity index (χ4v) is 4.58. The number of amides is 1. The molecule has 0 fully saturated rings. The first-order chi connectivity index (χ1) is 16.0. The number of aliphatic imine (C=N–C) groups is 1. The third kappa shape index (κ3) is 3.61. The molecule has 8 heteroatoms. The molecule has 3 aromatic rings. The highest BCUT2D eigenvalue weighted by molar-refractivity contribution is 5.96. The highest BCUT2D eigenvalue weighted by Crippen LogP contribution is 2.38. The molecule has 1 atom stereocenters. The van der Waals surface area contributed by atoms with Crippen LogP contribution in [-0.2, 0) is 24.1 Å². The van der Waals surface area contributed by atoms with Gasteiger partial charge in [-0.2, -0.15) is 0 Å². The smallest absolute Gasteiger partial charge is 0.225 e. The minimum absolute atomic E-state index is 0.00942. The maximum Gasteiger partial charge on any atom is 0.225 e. The summed E-state index contributed by atoms with van der Waals surface area (Å²) in [6, 6.07) is 9.84. The molecule has 0 spiro atoms. The minimum Gasteiger partial charge on any atom is -0.493 e. The number of pyridine rings is 1. The van der Waals surface area contributed by atoms with Crippen molar-refractivity contribution in [3.05, 3.63) is 70.9 Å². The molecule has 2 aromatic carbocycles. The minimum atomic E-state index is -0.886. The van der Waals surface area contributed by atoms with Crippen molar-refractivity contribution >= 4 is 23.1 Å². The Morgan fingerprint density at radius 3 is 2.85 bits per heavy atom. The van der Waals surface area contributed by atoms with Crippen LogP contribution in [0.15, 0.2) is 47.6 Å². The van der Waals surface area contributed by atoms with Crippen molar-refractivity contribution in [3.8, 4) is 17.2 Å². The van der Waals surface area contributed by atoms with Crippen LogP contribution in [0.25, 0.3) is 0 Å². The Bertz CT molecular complexity index is 1340. The van der Waals surface area contributed by atoms with Crippen LogP contribution in [-0.4, -0.2) is 23.2 Å². The van der Waals surface area contributed by atoms with E-state index in [0.29, 0.717) is 60.9 Å². The normalized spacial score (nSPS) is 18.4. The van der Waals surface area contributed by atoms with E-state index in [0.717, 1.165) is 28.7 Å². The SMILES string of the molecule is O=C1CCc2c(Oc3ccc4c(c3)CC(C3=Nc5cc(F)c(F)cc5C3)CO4)ccnc2N1. The molecule has 6 rings (SSSR count). The average Bonchev–Trinajstić information content (AvgIpc) is 3.21. The second kappa shape index (κ2) is 7.65. The molecule has 0 bridgehead atoms. The van der Waals surface area contributed by atoms with Crippen LogP contribution in [0.2, 0.25) is 0 Å². The maximum absolute atomic E-state index is 13.6. The van der Waals surface area contributed by atoms with Crippen molar-refractivity contribution in [1.29, 1.82) is 0 Å². The number of hydrogen-bond donors (Lipinski definition) is 1. The number of halogens is 2. The van der Waals surface area contributed by atoms with Gasteiger partial charge in [0, 0.05) is 42.3 Å². The highest BCUT2D eigenvalue weighted by atomic mass is 19.2. The molecule has 0 saturated carbocycles. The molecule has 0 saturated heterocycles. The largest absolute Gasteiger partial charge is 0.493 e. The van der Waals surface area contributed by atoms with Gasteiger partial charge in [-0.05, 0) is 54.3 Å². The first-order valence-electron chi connectivity index (χ1n) is 10.8. The zero-order valence-electron chi connectivity index (χ0n) is 17.5. The number of anilines is 1. The molecule has 0 radical (unpaired) electrons. The predicted octanol–water partition coefficient (Wildman–Crippen LogP) is 4.92. The Hall–Kier alpha value is -3.81. The molecule has 0 aliphatic carbocycles. The molecule has 3 aliphatic heterocycles. The van der Waals surface area contributed by atoms with Crippen LogP contribution < -0.4 is 14.8 Å². The number of aromatic nitrogens is 1. The lowest BCUT2D eigenvalue weighted by molar-refractivity contribution is -0.116. The molecule has 4 heterocycles. The third-order valence-corrected chi connectivity index (χ3v) is 6.27. The molecule has 1 amide bonds. The molecule has 6 nitrogen and oxygen atoms in total. The molecule has 33 heavy (non-hydrogen) atoms. The molecular weight excluding hydrogens is 428 g/mol. The number of carbonyl (C=O) groups is 1. The van der Waals surface area contributed by atoms with Crippen molar-refractivity contribution in [2.24, 2.45) is 10.9 Å². The number of fused-ring (bicyclic) bond motifs is 3. The first-order valence-corrected chi connectivity index (χ1v) is 10.8. The van der Waals surface area contributed by atoms with E-state index in [1.54, 1.807) is 12.3 Å². The number of hydrogen-bond acceptors (Lipinski definition) is 5. The summed E-state index contributed by atoms with van der Waals surface area (Å²) in [4.78, 5) is 20.4. The van der Waals surface area contributed by atoms with Gasteiger partial charge in [-0.25, -0.2) is 13.8 Å². The summed E-state index contributed by atoms with van der Waals surface area (Å²) < 4.78 is 39.3. The monoisotopic (exact) mass is 447 g/mol. The highest BCUT2D eigenvalue weighted by Gasteiger charge is 2.29. The molecule has 1 aromatic heterocycles. The van der Waals surface area contributed by atoms with Gasteiger partial charge in [-0.3, -0.25) is 9.79 Å². The standard InChI is InChI=1S/C25H19F2N3O3/c26-18-9-13-10-20(29-21(13)11-19(18)27)15-7-14-8-16(1-3-22(14)32-12-15)33-23-5-6-28-25-17(23)2-4-24(31)30-25/h1,3,5-6,8-9,11,15H,2,4,7,10,12H2,(H,28,30,31). The topological polar surface area (TPSA) is 72.8 Å². The Morgan fingerprint density at radius 1 is 1.06 bits per heavy atom. The fourth-order valence-electron chi connectivity index (χ4n) is 4.58. The van der Waals surface area contributed by atoms with Crippen molar-refractivity contribution in [2.75, 3.05) is 11.9 Å². The van der Waals surface area contributed by atoms with Crippen LogP contribution in [0.5, 0.6) is 17.2 Å². The average molecular weight is 447 g/mol. The summed E-state index contributed by atoms with van der Waals surface area (Å²) in [5, 5.41) is 2.78. The number of carbonyl (C=O) groups excluding carboxylic acids is 1. The Kier molecular flexibility index (Phi) is 4.60. The van der Waals surface area contributed by atoms with Gasteiger partial charge in [0.15, 0.2) is 11.6 Å². The second-order valence-electron chi connectivity index (χ2n) is 8.44. The Morgan fingerprint density at radius 2 is 1.94 bits per heavy atom. The van der Waals surface area contributed by atoms with Gasteiger partial charge in [0.2, 0.25) is 5.91 Å². The number of rotatable bonds is 3. The third-order valence-electron chi connectivity index (χ3n) is 6.27. The zero-order valence-corrected chi connectivity index (χ0v) is 17.5. The zero-order chi connectivity index (χ0) is 22.5. The molecule has 166 valence electrons. The van der Waals surface area contributed by atoms with Crippen LogP contribution in [0.3, 0.4) is 0 Å². The van der Waals surface area contributed by atoms with E-state index in [1.807, 2.05) is 18.2 Å². The van der Waals surface area contributed by atoms with Crippen molar-refractivity contribution in [2.45, 2.75) is 25.7 Å². The predicted molar refractivity (Wildman–Crippen MR) is 118 cm³/mol.